The van der Waals surface area contributed by atoms with Gasteiger partial charge in [-0.05, 0) is 46.2 Å². The van der Waals surface area contributed by atoms with Gasteiger partial charge >= 0.3 is 0 Å². The van der Waals surface area contributed by atoms with Gasteiger partial charge < -0.3 is 0 Å². The van der Waals surface area contributed by atoms with Crippen molar-refractivity contribution in [2.45, 2.75) is 33.3 Å². The number of alkyl halides is 4. The highest BCUT2D eigenvalue weighted by molar-refractivity contribution is 6.36. The van der Waals surface area contributed by atoms with Gasteiger partial charge in [0.15, 0.2) is 0 Å². The predicted octanol–water partition coefficient (Wildman–Crippen LogP) is 6.98. The summed E-state index contributed by atoms with van der Waals surface area (Å²) < 4.78 is 0. The van der Waals surface area contributed by atoms with Crippen molar-refractivity contribution in [1.82, 2.24) is 0 Å². The highest BCUT2D eigenvalue weighted by Crippen LogP contribution is 2.53. The molecule has 0 unspecified atom stereocenters. The maximum absolute atomic E-state index is 7.23. The van der Waals surface area contributed by atoms with Crippen LogP contribution in [0.3, 0.4) is 0 Å². The summed E-state index contributed by atoms with van der Waals surface area (Å²) in [5.41, 5.74) is 6.47. The van der Waals surface area contributed by atoms with E-state index in [2.05, 4.69) is 30.3 Å². The molecular formula is C24H18Cl4. The molecule has 0 nitrogen and oxygen atoms in total. The molecule has 3 aromatic rings. The van der Waals surface area contributed by atoms with E-state index in [0.717, 1.165) is 35.1 Å². The van der Waals surface area contributed by atoms with E-state index in [9.17, 15) is 0 Å². The molecule has 142 valence electrons. The summed E-state index contributed by atoms with van der Waals surface area (Å²) in [7, 11) is 0. The van der Waals surface area contributed by atoms with E-state index in [0.29, 0.717) is 0 Å². The first kappa shape index (κ1) is 18.8. The van der Waals surface area contributed by atoms with Gasteiger partial charge in [-0.3, -0.25) is 0 Å². The molecule has 0 saturated heterocycles. The van der Waals surface area contributed by atoms with Crippen LogP contribution in [0.1, 0.15) is 33.4 Å². The second kappa shape index (κ2) is 6.67. The Labute approximate surface area is 185 Å². The van der Waals surface area contributed by atoms with Crippen molar-refractivity contribution in [2.24, 2.45) is 0 Å². The molecule has 0 amide bonds. The summed E-state index contributed by atoms with van der Waals surface area (Å²) in [6.45, 7) is 0. The van der Waals surface area contributed by atoms with Crippen molar-refractivity contribution >= 4 is 46.4 Å². The van der Waals surface area contributed by atoms with Crippen molar-refractivity contribution in [2.75, 3.05) is 0 Å². The zero-order valence-corrected chi connectivity index (χ0v) is 18.0. The number of hydrogen-bond donors (Lipinski definition) is 0. The smallest absolute Gasteiger partial charge is 0.111 e. The molecule has 4 heteroatoms. The first-order valence-corrected chi connectivity index (χ1v) is 11.0. The summed E-state index contributed by atoms with van der Waals surface area (Å²) in [5.74, 6) is 0. The van der Waals surface area contributed by atoms with Gasteiger partial charge in [-0.2, -0.15) is 0 Å². The number of fused-ring (bicyclic) bond motifs is 2. The van der Waals surface area contributed by atoms with Crippen LogP contribution in [0.25, 0.3) is 0 Å². The third-order valence-corrected chi connectivity index (χ3v) is 8.74. The Morgan fingerprint density at radius 2 is 1.04 bits per heavy atom. The summed E-state index contributed by atoms with van der Waals surface area (Å²) in [6.07, 6.45) is 1.50. The van der Waals surface area contributed by atoms with Gasteiger partial charge in [0, 0.05) is 0 Å². The molecule has 0 saturated carbocycles. The highest BCUT2D eigenvalue weighted by atomic mass is 35.5. The van der Waals surface area contributed by atoms with Crippen LogP contribution in [0.5, 0.6) is 0 Å². The SMILES string of the molecule is Cl[C@@H]1Cc2ccccc2[C@]1(Cl)c1cccc([C@]2(Cl)c3ccccc3C[C@@H]2Cl)c1. The molecule has 0 heterocycles. The van der Waals surface area contributed by atoms with Gasteiger partial charge in [0.2, 0.25) is 0 Å². The second-order valence-corrected chi connectivity index (χ2v) is 9.91. The third kappa shape index (κ3) is 2.52. The Morgan fingerprint density at radius 3 is 1.50 bits per heavy atom. The van der Waals surface area contributed by atoms with Crippen LogP contribution >= 0.6 is 46.4 Å². The average Bonchev–Trinajstić information content (AvgIpc) is 3.14. The first-order chi connectivity index (χ1) is 13.5. The fourth-order valence-corrected chi connectivity index (χ4v) is 6.33. The van der Waals surface area contributed by atoms with Gasteiger partial charge in [-0.25, -0.2) is 0 Å². The summed E-state index contributed by atoms with van der Waals surface area (Å²) in [5, 5.41) is -0.452. The van der Waals surface area contributed by atoms with Gasteiger partial charge in [-0.15, -0.1) is 46.4 Å². The van der Waals surface area contributed by atoms with E-state index in [4.69, 9.17) is 46.4 Å². The van der Waals surface area contributed by atoms with Crippen LogP contribution in [0.2, 0.25) is 0 Å². The zero-order chi connectivity index (χ0) is 19.5. The lowest BCUT2D eigenvalue weighted by molar-refractivity contribution is 0.699. The molecule has 0 bridgehead atoms. The minimum atomic E-state index is -0.776. The molecule has 28 heavy (non-hydrogen) atoms. The molecule has 0 N–H and O–H groups in total. The number of benzene rings is 3. The maximum Gasteiger partial charge on any atom is 0.111 e. The van der Waals surface area contributed by atoms with E-state index in [1.165, 1.54) is 11.1 Å². The van der Waals surface area contributed by atoms with Crippen LogP contribution in [0.4, 0.5) is 0 Å². The lowest BCUT2D eigenvalue weighted by Gasteiger charge is -2.31. The molecule has 5 rings (SSSR count). The number of halogens is 4. The lowest BCUT2D eigenvalue weighted by Crippen LogP contribution is -2.30. The van der Waals surface area contributed by atoms with Crippen LogP contribution in [0, 0.1) is 0 Å². The number of rotatable bonds is 2. The van der Waals surface area contributed by atoms with Crippen LogP contribution in [0.15, 0.2) is 72.8 Å². The first-order valence-electron chi connectivity index (χ1n) is 9.39. The van der Waals surface area contributed by atoms with Crippen molar-refractivity contribution in [3.05, 3.63) is 106 Å². The molecule has 3 aromatic carbocycles. The van der Waals surface area contributed by atoms with Crippen LogP contribution in [-0.4, -0.2) is 10.8 Å². The fourth-order valence-electron chi connectivity index (χ4n) is 4.76. The fraction of sp³-hybridized carbons (Fsp3) is 0.250. The van der Waals surface area contributed by atoms with Crippen LogP contribution < -0.4 is 0 Å². The van der Waals surface area contributed by atoms with Crippen molar-refractivity contribution in [3.8, 4) is 0 Å². The maximum atomic E-state index is 7.23. The molecule has 0 fully saturated rings. The molecular weight excluding hydrogens is 430 g/mol. The molecule has 2 aliphatic rings. The Hall–Kier alpha value is -1.18. The molecule has 4 atom stereocenters. The van der Waals surface area contributed by atoms with Gasteiger partial charge in [0.05, 0.1) is 10.8 Å². The average molecular weight is 448 g/mol. The minimum absolute atomic E-state index is 0.226. The zero-order valence-electron chi connectivity index (χ0n) is 15.0. The van der Waals surface area contributed by atoms with Crippen molar-refractivity contribution in [3.63, 3.8) is 0 Å². The van der Waals surface area contributed by atoms with Gasteiger partial charge in [-0.1, -0.05) is 72.8 Å². The topological polar surface area (TPSA) is 0 Å². The van der Waals surface area contributed by atoms with E-state index in [-0.39, 0.29) is 10.8 Å². The second-order valence-electron chi connectivity index (χ2n) is 7.66. The Kier molecular flexibility index (Phi) is 4.49. The minimum Gasteiger partial charge on any atom is -0.120 e. The number of hydrogen-bond acceptors (Lipinski definition) is 0. The highest BCUT2D eigenvalue weighted by Gasteiger charge is 2.49. The van der Waals surface area contributed by atoms with Crippen molar-refractivity contribution < 1.29 is 0 Å². The molecule has 0 spiro atoms. The predicted molar refractivity (Wildman–Crippen MR) is 119 cm³/mol. The van der Waals surface area contributed by atoms with E-state index >= 15 is 0 Å². The lowest BCUT2D eigenvalue weighted by atomic mass is 9.86. The monoisotopic (exact) mass is 446 g/mol. The quantitative estimate of drug-likeness (QED) is 0.371. The molecule has 0 radical (unpaired) electrons. The van der Waals surface area contributed by atoms with Gasteiger partial charge in [0.25, 0.3) is 0 Å². The third-order valence-electron chi connectivity index (χ3n) is 6.18. The molecule has 0 aromatic heterocycles. The Morgan fingerprint density at radius 1 is 0.607 bits per heavy atom. The Bertz CT molecular complexity index is 981. The van der Waals surface area contributed by atoms with E-state index in [1.807, 2.05) is 42.5 Å². The van der Waals surface area contributed by atoms with Gasteiger partial charge in [0.1, 0.15) is 9.75 Å². The summed E-state index contributed by atoms with van der Waals surface area (Å²) in [6, 6.07) is 24.6. The summed E-state index contributed by atoms with van der Waals surface area (Å²) in [4.78, 5) is -1.55. The molecule has 2 aliphatic carbocycles. The summed E-state index contributed by atoms with van der Waals surface area (Å²) >= 11 is 28.0. The van der Waals surface area contributed by atoms with Crippen molar-refractivity contribution in [1.29, 1.82) is 0 Å². The van der Waals surface area contributed by atoms with E-state index in [1.54, 1.807) is 0 Å². The normalized spacial score (nSPS) is 30.9. The largest absolute Gasteiger partial charge is 0.120 e. The Balaban J connectivity index is 1.66. The van der Waals surface area contributed by atoms with Crippen LogP contribution in [-0.2, 0) is 22.6 Å². The molecule has 0 aliphatic heterocycles. The standard InChI is InChI=1S/C24H18Cl4/c25-21-12-15-6-1-3-10-19(15)23(21,27)17-8-5-9-18(14-17)24(28)20-11-4-2-7-16(20)13-22(24)26/h1-11,14,21-22H,12-13H2/t21-,22+,23-,24+. The van der Waals surface area contributed by atoms with E-state index < -0.39 is 9.75 Å².